The van der Waals surface area contributed by atoms with Crippen LogP contribution < -0.4 is 10.6 Å². The third-order valence-electron chi connectivity index (χ3n) is 2.66. The maximum atomic E-state index is 11.7. The predicted octanol–water partition coefficient (Wildman–Crippen LogP) is 3.30. The Morgan fingerprint density at radius 2 is 1.90 bits per heavy atom. The normalized spacial score (nSPS) is 9.95. The SMILES string of the molecule is O=C(CNc1ccc([N+](=O)[O-])cc1Cl)Nc1ccccc1. The Bertz CT molecular complexity index is 662. The van der Waals surface area contributed by atoms with E-state index < -0.39 is 4.92 Å². The highest BCUT2D eigenvalue weighted by Crippen LogP contribution is 2.26. The summed E-state index contributed by atoms with van der Waals surface area (Å²) in [6.45, 7) is 0.00637. The van der Waals surface area contributed by atoms with Crippen molar-refractivity contribution in [1.82, 2.24) is 0 Å². The minimum atomic E-state index is -0.530. The number of hydrogen-bond acceptors (Lipinski definition) is 4. The third-order valence-corrected chi connectivity index (χ3v) is 2.97. The second-order valence-electron chi connectivity index (χ2n) is 4.19. The fraction of sp³-hybridized carbons (Fsp3) is 0.0714. The second kappa shape index (κ2) is 6.71. The molecule has 0 spiro atoms. The lowest BCUT2D eigenvalue weighted by Gasteiger charge is -2.09. The van der Waals surface area contributed by atoms with E-state index in [4.69, 9.17) is 11.6 Å². The lowest BCUT2D eigenvalue weighted by molar-refractivity contribution is -0.384. The molecule has 2 aromatic rings. The smallest absolute Gasteiger partial charge is 0.271 e. The van der Waals surface area contributed by atoms with Gasteiger partial charge >= 0.3 is 0 Å². The van der Waals surface area contributed by atoms with Crippen molar-refractivity contribution in [2.75, 3.05) is 17.2 Å². The zero-order valence-electron chi connectivity index (χ0n) is 10.9. The lowest BCUT2D eigenvalue weighted by atomic mass is 10.3. The molecule has 2 aromatic carbocycles. The van der Waals surface area contributed by atoms with Gasteiger partial charge in [0.25, 0.3) is 5.69 Å². The van der Waals surface area contributed by atoms with Gasteiger partial charge < -0.3 is 10.6 Å². The Kier molecular flexibility index (Phi) is 4.73. The van der Waals surface area contributed by atoms with Gasteiger partial charge in [-0.25, -0.2) is 0 Å². The average Bonchev–Trinajstić information content (AvgIpc) is 2.47. The van der Waals surface area contributed by atoms with E-state index in [1.165, 1.54) is 18.2 Å². The minimum Gasteiger partial charge on any atom is -0.375 e. The van der Waals surface area contributed by atoms with Crippen LogP contribution in [0.1, 0.15) is 0 Å². The fourth-order valence-electron chi connectivity index (χ4n) is 1.66. The molecule has 0 bridgehead atoms. The Hall–Kier alpha value is -2.60. The molecule has 0 aliphatic rings. The molecule has 0 aromatic heterocycles. The molecule has 0 aliphatic heterocycles. The van der Waals surface area contributed by atoms with Gasteiger partial charge in [0.15, 0.2) is 0 Å². The zero-order valence-corrected chi connectivity index (χ0v) is 11.6. The van der Waals surface area contributed by atoms with Crippen LogP contribution in [0, 0.1) is 10.1 Å². The van der Waals surface area contributed by atoms with E-state index in [0.717, 1.165) is 0 Å². The number of nitro benzene ring substituents is 1. The Labute approximate surface area is 125 Å². The number of rotatable bonds is 5. The summed E-state index contributed by atoms with van der Waals surface area (Å²) in [4.78, 5) is 21.8. The molecule has 2 rings (SSSR count). The summed E-state index contributed by atoms with van der Waals surface area (Å²) in [6.07, 6.45) is 0. The van der Waals surface area contributed by atoms with Crippen LogP contribution >= 0.6 is 11.6 Å². The molecule has 2 N–H and O–H groups in total. The first kappa shape index (κ1) is 14.8. The van der Waals surface area contributed by atoms with Crippen molar-refractivity contribution in [3.05, 3.63) is 63.7 Å². The average molecular weight is 306 g/mol. The summed E-state index contributed by atoms with van der Waals surface area (Å²) in [6, 6.07) is 13.1. The van der Waals surface area contributed by atoms with Crippen LogP contribution in [0.4, 0.5) is 17.1 Å². The van der Waals surface area contributed by atoms with Gasteiger partial charge in [0.1, 0.15) is 0 Å². The van der Waals surface area contributed by atoms with Gasteiger partial charge in [0, 0.05) is 17.8 Å². The Morgan fingerprint density at radius 1 is 1.19 bits per heavy atom. The van der Waals surface area contributed by atoms with Crippen LogP contribution in [0.2, 0.25) is 5.02 Å². The summed E-state index contributed by atoms with van der Waals surface area (Å²) in [7, 11) is 0. The van der Waals surface area contributed by atoms with Crippen LogP contribution in [-0.4, -0.2) is 17.4 Å². The summed E-state index contributed by atoms with van der Waals surface area (Å²) >= 11 is 5.92. The maximum Gasteiger partial charge on any atom is 0.271 e. The number of carbonyl (C=O) groups excluding carboxylic acids is 1. The molecule has 0 aliphatic carbocycles. The van der Waals surface area contributed by atoms with Crippen LogP contribution in [-0.2, 0) is 4.79 Å². The summed E-state index contributed by atoms with van der Waals surface area (Å²) in [5, 5.41) is 16.3. The second-order valence-corrected chi connectivity index (χ2v) is 4.60. The first-order valence-electron chi connectivity index (χ1n) is 6.09. The van der Waals surface area contributed by atoms with E-state index in [1.807, 2.05) is 18.2 Å². The number of amides is 1. The molecule has 0 saturated carbocycles. The highest BCUT2D eigenvalue weighted by molar-refractivity contribution is 6.33. The van der Waals surface area contributed by atoms with Gasteiger partial charge in [-0.2, -0.15) is 0 Å². The fourth-order valence-corrected chi connectivity index (χ4v) is 1.90. The highest BCUT2D eigenvalue weighted by Gasteiger charge is 2.10. The number of benzene rings is 2. The van der Waals surface area contributed by atoms with Gasteiger partial charge in [-0.05, 0) is 18.2 Å². The van der Waals surface area contributed by atoms with Crippen LogP contribution in [0.5, 0.6) is 0 Å². The van der Waals surface area contributed by atoms with Crippen molar-refractivity contribution < 1.29 is 9.72 Å². The molecule has 1 amide bonds. The van der Waals surface area contributed by atoms with Crippen molar-refractivity contribution in [3.63, 3.8) is 0 Å². The van der Waals surface area contributed by atoms with Crippen molar-refractivity contribution in [2.45, 2.75) is 0 Å². The summed E-state index contributed by atoms with van der Waals surface area (Å²) < 4.78 is 0. The standard InChI is InChI=1S/C14H12ClN3O3/c15-12-8-11(18(20)21)6-7-13(12)16-9-14(19)17-10-4-2-1-3-5-10/h1-8,16H,9H2,(H,17,19). The van der Waals surface area contributed by atoms with Crippen molar-refractivity contribution in [1.29, 1.82) is 0 Å². The quantitative estimate of drug-likeness (QED) is 0.655. The molecule has 0 unspecified atom stereocenters. The first-order valence-corrected chi connectivity index (χ1v) is 6.47. The summed E-state index contributed by atoms with van der Waals surface area (Å²) in [5.41, 5.74) is 1.06. The molecule has 108 valence electrons. The predicted molar refractivity (Wildman–Crippen MR) is 81.7 cm³/mol. The van der Waals surface area contributed by atoms with Crippen LogP contribution in [0.3, 0.4) is 0 Å². The molecule has 0 fully saturated rings. The number of halogens is 1. The number of hydrogen-bond donors (Lipinski definition) is 2. The largest absolute Gasteiger partial charge is 0.375 e. The van der Waals surface area contributed by atoms with Crippen molar-refractivity contribution >= 4 is 34.6 Å². The van der Waals surface area contributed by atoms with E-state index in [1.54, 1.807) is 12.1 Å². The summed E-state index contributed by atoms with van der Waals surface area (Å²) in [5.74, 6) is -0.240. The Morgan fingerprint density at radius 3 is 2.52 bits per heavy atom. The molecule has 21 heavy (non-hydrogen) atoms. The number of para-hydroxylation sites is 1. The van der Waals surface area contributed by atoms with E-state index in [-0.39, 0.29) is 23.2 Å². The molecule has 0 saturated heterocycles. The van der Waals surface area contributed by atoms with Crippen LogP contribution in [0.15, 0.2) is 48.5 Å². The molecular weight excluding hydrogens is 294 g/mol. The number of nitro groups is 1. The number of carbonyl (C=O) groups is 1. The molecule has 7 heteroatoms. The van der Waals surface area contributed by atoms with Crippen LogP contribution in [0.25, 0.3) is 0 Å². The van der Waals surface area contributed by atoms with E-state index in [2.05, 4.69) is 10.6 Å². The van der Waals surface area contributed by atoms with Gasteiger partial charge in [-0.15, -0.1) is 0 Å². The van der Waals surface area contributed by atoms with Gasteiger partial charge in [-0.1, -0.05) is 29.8 Å². The monoisotopic (exact) mass is 305 g/mol. The molecular formula is C14H12ClN3O3. The van der Waals surface area contributed by atoms with E-state index >= 15 is 0 Å². The molecule has 6 nitrogen and oxygen atoms in total. The number of nitrogens with one attached hydrogen (secondary N) is 2. The number of anilines is 2. The lowest BCUT2D eigenvalue weighted by Crippen LogP contribution is -2.21. The van der Waals surface area contributed by atoms with E-state index in [0.29, 0.717) is 11.4 Å². The van der Waals surface area contributed by atoms with Gasteiger partial charge in [-0.3, -0.25) is 14.9 Å². The molecule has 0 radical (unpaired) electrons. The maximum absolute atomic E-state index is 11.7. The highest BCUT2D eigenvalue weighted by atomic mass is 35.5. The third kappa shape index (κ3) is 4.19. The number of non-ortho nitro benzene ring substituents is 1. The van der Waals surface area contributed by atoms with Gasteiger partial charge in [0.2, 0.25) is 5.91 Å². The van der Waals surface area contributed by atoms with Gasteiger partial charge in [0.05, 0.1) is 22.2 Å². The minimum absolute atomic E-state index is 0.00637. The van der Waals surface area contributed by atoms with E-state index in [9.17, 15) is 14.9 Å². The first-order chi connectivity index (χ1) is 10.1. The Balaban J connectivity index is 1.94. The molecule has 0 heterocycles. The van der Waals surface area contributed by atoms with Crippen molar-refractivity contribution in [2.24, 2.45) is 0 Å². The van der Waals surface area contributed by atoms with Crippen molar-refractivity contribution in [3.8, 4) is 0 Å². The number of nitrogens with zero attached hydrogens (tertiary/aromatic N) is 1. The zero-order chi connectivity index (χ0) is 15.2. The molecule has 0 atom stereocenters. The topological polar surface area (TPSA) is 84.3 Å².